The van der Waals surface area contributed by atoms with Gasteiger partial charge < -0.3 is 26.5 Å². The summed E-state index contributed by atoms with van der Waals surface area (Å²) >= 11 is 0. The standard InChI is InChI=1S/C12H15N3O5/c13-9(12(18)19)4-7-1-2-10(16)8(3-7)5-15-20-6-11(14)17/h1-3,5,9,16H,4,6,13H2,(H2,14,17)(H,18,19)/b15-5+. The van der Waals surface area contributed by atoms with E-state index in [2.05, 4.69) is 9.99 Å². The van der Waals surface area contributed by atoms with Crippen LogP contribution in [0.1, 0.15) is 11.1 Å². The molecule has 20 heavy (non-hydrogen) atoms. The summed E-state index contributed by atoms with van der Waals surface area (Å²) in [5.74, 6) is -1.85. The normalized spacial score (nSPS) is 12.2. The first-order chi connectivity index (χ1) is 9.40. The second kappa shape index (κ2) is 7.10. The van der Waals surface area contributed by atoms with Gasteiger partial charge >= 0.3 is 5.97 Å². The van der Waals surface area contributed by atoms with Crippen LogP contribution in [-0.4, -0.2) is 41.0 Å². The van der Waals surface area contributed by atoms with E-state index in [9.17, 15) is 14.7 Å². The van der Waals surface area contributed by atoms with E-state index in [4.69, 9.17) is 16.6 Å². The molecule has 0 fully saturated rings. The number of carbonyl (C=O) groups excluding carboxylic acids is 1. The minimum atomic E-state index is -1.11. The zero-order chi connectivity index (χ0) is 15.1. The molecule has 0 radical (unpaired) electrons. The minimum Gasteiger partial charge on any atom is -0.507 e. The summed E-state index contributed by atoms with van der Waals surface area (Å²) in [5, 5.41) is 21.8. The van der Waals surface area contributed by atoms with Crippen molar-refractivity contribution < 1.29 is 24.6 Å². The van der Waals surface area contributed by atoms with Gasteiger partial charge in [0.05, 0.1) is 6.21 Å². The van der Waals surface area contributed by atoms with Crippen LogP contribution in [0.15, 0.2) is 23.4 Å². The Balaban J connectivity index is 2.76. The van der Waals surface area contributed by atoms with Gasteiger partial charge in [-0.05, 0) is 24.1 Å². The maximum Gasteiger partial charge on any atom is 0.320 e. The molecule has 6 N–H and O–H groups in total. The average molecular weight is 281 g/mol. The lowest BCUT2D eigenvalue weighted by Gasteiger charge is -2.07. The number of hydrogen-bond donors (Lipinski definition) is 4. The fraction of sp³-hybridized carbons (Fsp3) is 0.250. The number of carboxylic acids is 1. The van der Waals surface area contributed by atoms with E-state index >= 15 is 0 Å². The van der Waals surface area contributed by atoms with Gasteiger partial charge in [0, 0.05) is 5.56 Å². The molecule has 0 saturated heterocycles. The highest BCUT2D eigenvalue weighted by molar-refractivity contribution is 5.83. The molecule has 1 atom stereocenters. The Morgan fingerprint density at radius 3 is 2.75 bits per heavy atom. The third kappa shape index (κ3) is 4.94. The molecular weight excluding hydrogens is 266 g/mol. The SMILES string of the molecule is NC(=O)CO/N=C/c1cc(CC(N)C(=O)O)ccc1O. The Labute approximate surface area is 114 Å². The summed E-state index contributed by atoms with van der Waals surface area (Å²) in [6.07, 6.45) is 1.30. The Morgan fingerprint density at radius 1 is 1.45 bits per heavy atom. The zero-order valence-corrected chi connectivity index (χ0v) is 10.5. The van der Waals surface area contributed by atoms with Crippen LogP contribution in [0.5, 0.6) is 5.75 Å². The largest absolute Gasteiger partial charge is 0.507 e. The second-order valence-electron chi connectivity index (χ2n) is 4.02. The molecule has 0 saturated carbocycles. The average Bonchev–Trinajstić information content (AvgIpc) is 2.37. The second-order valence-corrected chi connectivity index (χ2v) is 4.02. The van der Waals surface area contributed by atoms with Gasteiger partial charge in [-0.25, -0.2) is 0 Å². The number of aromatic hydroxyl groups is 1. The predicted octanol–water partition coefficient (Wildman–Crippen LogP) is -0.818. The van der Waals surface area contributed by atoms with Crippen molar-refractivity contribution in [3.05, 3.63) is 29.3 Å². The van der Waals surface area contributed by atoms with Gasteiger partial charge in [-0.3, -0.25) is 9.59 Å². The molecule has 1 amide bonds. The van der Waals surface area contributed by atoms with E-state index < -0.39 is 17.9 Å². The van der Waals surface area contributed by atoms with Gasteiger partial charge in [0.1, 0.15) is 11.8 Å². The quantitative estimate of drug-likeness (QED) is 0.379. The van der Waals surface area contributed by atoms with Crippen LogP contribution in [0.2, 0.25) is 0 Å². The monoisotopic (exact) mass is 281 g/mol. The number of benzene rings is 1. The van der Waals surface area contributed by atoms with Crippen molar-refractivity contribution >= 4 is 18.1 Å². The first-order valence-electron chi connectivity index (χ1n) is 5.64. The smallest absolute Gasteiger partial charge is 0.320 e. The number of carbonyl (C=O) groups is 2. The number of phenolic OH excluding ortho intramolecular Hbond substituents is 1. The summed E-state index contributed by atoms with van der Waals surface area (Å²) in [7, 11) is 0. The van der Waals surface area contributed by atoms with Gasteiger partial charge in [0.25, 0.3) is 5.91 Å². The number of rotatable bonds is 7. The summed E-state index contributed by atoms with van der Waals surface area (Å²) in [4.78, 5) is 25.7. The fourth-order valence-corrected chi connectivity index (χ4v) is 1.37. The number of aliphatic carboxylic acids is 1. The van der Waals surface area contributed by atoms with Crippen molar-refractivity contribution in [3.8, 4) is 5.75 Å². The highest BCUT2D eigenvalue weighted by Crippen LogP contribution is 2.17. The van der Waals surface area contributed by atoms with Crippen LogP contribution in [0.25, 0.3) is 0 Å². The molecule has 8 nitrogen and oxygen atoms in total. The first kappa shape index (κ1) is 15.4. The van der Waals surface area contributed by atoms with E-state index in [0.29, 0.717) is 11.1 Å². The van der Waals surface area contributed by atoms with Crippen LogP contribution >= 0.6 is 0 Å². The highest BCUT2D eigenvalue weighted by atomic mass is 16.6. The van der Waals surface area contributed by atoms with E-state index in [1.54, 1.807) is 6.07 Å². The highest BCUT2D eigenvalue weighted by Gasteiger charge is 2.12. The number of primary amides is 1. The number of carboxylic acid groups (broad SMARTS) is 1. The minimum absolute atomic E-state index is 0.0657. The van der Waals surface area contributed by atoms with Crippen LogP contribution in [0.3, 0.4) is 0 Å². The predicted molar refractivity (Wildman–Crippen MR) is 70.2 cm³/mol. The van der Waals surface area contributed by atoms with Crippen molar-refractivity contribution in [1.82, 2.24) is 0 Å². The maximum atomic E-state index is 10.7. The maximum absolute atomic E-state index is 10.7. The Kier molecular flexibility index (Phi) is 5.48. The first-order valence-corrected chi connectivity index (χ1v) is 5.64. The van der Waals surface area contributed by atoms with Crippen LogP contribution in [0, 0.1) is 0 Å². The van der Waals surface area contributed by atoms with Crippen LogP contribution in [-0.2, 0) is 20.8 Å². The van der Waals surface area contributed by atoms with Crippen molar-refractivity contribution in [2.45, 2.75) is 12.5 Å². The Bertz CT molecular complexity index is 530. The van der Waals surface area contributed by atoms with Crippen LogP contribution < -0.4 is 11.5 Å². The molecule has 0 aliphatic carbocycles. The third-order valence-electron chi connectivity index (χ3n) is 2.34. The lowest BCUT2D eigenvalue weighted by Crippen LogP contribution is -2.32. The van der Waals surface area contributed by atoms with E-state index in [1.807, 2.05) is 0 Å². The van der Waals surface area contributed by atoms with Crippen molar-refractivity contribution in [1.29, 1.82) is 0 Å². The Morgan fingerprint density at radius 2 is 2.15 bits per heavy atom. The molecule has 8 heteroatoms. The van der Waals surface area contributed by atoms with Gasteiger partial charge in [0.15, 0.2) is 6.61 Å². The fourth-order valence-electron chi connectivity index (χ4n) is 1.37. The molecule has 0 aliphatic rings. The van der Waals surface area contributed by atoms with Crippen molar-refractivity contribution in [2.24, 2.45) is 16.6 Å². The Hall–Kier alpha value is -2.61. The zero-order valence-electron chi connectivity index (χ0n) is 10.5. The van der Waals surface area contributed by atoms with Crippen LogP contribution in [0.4, 0.5) is 0 Å². The summed E-state index contributed by atoms with van der Waals surface area (Å²) in [6, 6.07) is 3.43. The number of oxime groups is 1. The summed E-state index contributed by atoms with van der Waals surface area (Å²) < 4.78 is 0. The number of nitrogens with zero attached hydrogens (tertiary/aromatic N) is 1. The molecule has 1 aromatic rings. The number of nitrogens with two attached hydrogens (primary N) is 2. The molecule has 1 rings (SSSR count). The molecule has 0 aliphatic heterocycles. The molecule has 108 valence electrons. The molecule has 1 aromatic carbocycles. The van der Waals surface area contributed by atoms with Gasteiger partial charge in [0.2, 0.25) is 0 Å². The van der Waals surface area contributed by atoms with Crippen molar-refractivity contribution in [3.63, 3.8) is 0 Å². The number of amides is 1. The van der Waals surface area contributed by atoms with E-state index in [-0.39, 0.29) is 18.8 Å². The molecule has 0 bridgehead atoms. The lowest BCUT2D eigenvalue weighted by molar-refractivity contribution is -0.138. The molecule has 1 unspecified atom stereocenters. The summed E-state index contributed by atoms with van der Waals surface area (Å²) in [6.45, 7) is -0.374. The lowest BCUT2D eigenvalue weighted by atomic mass is 10.0. The topological polar surface area (TPSA) is 148 Å². The van der Waals surface area contributed by atoms with Gasteiger partial charge in [-0.1, -0.05) is 11.2 Å². The van der Waals surface area contributed by atoms with E-state index in [1.165, 1.54) is 18.3 Å². The van der Waals surface area contributed by atoms with Gasteiger partial charge in [-0.15, -0.1) is 0 Å². The molecule has 0 aromatic heterocycles. The number of hydrogen-bond acceptors (Lipinski definition) is 6. The summed E-state index contributed by atoms with van der Waals surface area (Å²) in [5.41, 5.74) is 11.2. The molecule has 0 spiro atoms. The number of phenols is 1. The van der Waals surface area contributed by atoms with Gasteiger partial charge in [-0.2, -0.15) is 0 Å². The van der Waals surface area contributed by atoms with E-state index in [0.717, 1.165) is 0 Å². The molecular formula is C12H15N3O5. The molecule has 0 heterocycles. The third-order valence-corrected chi connectivity index (χ3v) is 2.34. The van der Waals surface area contributed by atoms with Crippen molar-refractivity contribution in [2.75, 3.05) is 6.61 Å².